The van der Waals surface area contributed by atoms with Crippen molar-refractivity contribution < 1.29 is 13.2 Å². The van der Waals surface area contributed by atoms with E-state index in [0.29, 0.717) is 35.6 Å². The summed E-state index contributed by atoms with van der Waals surface area (Å²) in [5.74, 6) is 0.295. The van der Waals surface area contributed by atoms with Crippen LogP contribution in [0.3, 0.4) is 0 Å². The van der Waals surface area contributed by atoms with Gasteiger partial charge in [0.2, 0.25) is 0 Å². The van der Waals surface area contributed by atoms with Crippen molar-refractivity contribution in [2.24, 2.45) is 0 Å². The molecule has 0 aliphatic carbocycles. The van der Waals surface area contributed by atoms with Crippen LogP contribution in [0.25, 0.3) is 11.4 Å². The van der Waals surface area contributed by atoms with Crippen molar-refractivity contribution in [1.29, 1.82) is 0 Å². The highest BCUT2D eigenvalue weighted by Gasteiger charge is 2.30. The van der Waals surface area contributed by atoms with Crippen molar-refractivity contribution in [2.45, 2.75) is 39.0 Å². The molecular formula is C23H22F3N3O. The van der Waals surface area contributed by atoms with Crippen molar-refractivity contribution in [1.82, 2.24) is 14.9 Å². The first-order valence-electron chi connectivity index (χ1n) is 9.94. The molecule has 0 fully saturated rings. The third kappa shape index (κ3) is 4.16. The summed E-state index contributed by atoms with van der Waals surface area (Å²) in [6.45, 7) is 4.19. The summed E-state index contributed by atoms with van der Waals surface area (Å²) in [6.07, 6.45) is -2.85. The van der Waals surface area contributed by atoms with Gasteiger partial charge in [-0.25, -0.2) is 4.98 Å². The normalized spacial score (nSPS) is 14.5. The van der Waals surface area contributed by atoms with Gasteiger partial charge in [0.1, 0.15) is 5.82 Å². The molecule has 1 N–H and O–H groups in total. The first kappa shape index (κ1) is 20.3. The van der Waals surface area contributed by atoms with Crippen molar-refractivity contribution in [3.63, 3.8) is 0 Å². The van der Waals surface area contributed by atoms with Crippen LogP contribution < -0.4 is 5.56 Å². The summed E-state index contributed by atoms with van der Waals surface area (Å²) >= 11 is 0. The third-order valence-electron chi connectivity index (χ3n) is 5.53. The largest absolute Gasteiger partial charge is 0.416 e. The van der Waals surface area contributed by atoms with Gasteiger partial charge in [0.15, 0.2) is 0 Å². The average Bonchev–Trinajstić information content (AvgIpc) is 2.73. The monoisotopic (exact) mass is 413 g/mol. The molecule has 1 aliphatic heterocycles. The van der Waals surface area contributed by atoms with E-state index in [-0.39, 0.29) is 5.56 Å². The zero-order chi connectivity index (χ0) is 21.3. The number of benzene rings is 2. The van der Waals surface area contributed by atoms with Gasteiger partial charge < -0.3 is 4.98 Å². The molecule has 7 heteroatoms. The molecule has 0 amide bonds. The number of nitrogens with zero attached hydrogens (tertiary/aromatic N) is 2. The van der Waals surface area contributed by atoms with Gasteiger partial charge in [0, 0.05) is 30.8 Å². The summed E-state index contributed by atoms with van der Waals surface area (Å²) in [5.41, 5.74) is 3.41. The van der Waals surface area contributed by atoms with Gasteiger partial charge in [0.05, 0.1) is 11.3 Å². The van der Waals surface area contributed by atoms with E-state index >= 15 is 0 Å². The number of nitrogens with one attached hydrogen (secondary N) is 1. The van der Waals surface area contributed by atoms with Crippen LogP contribution in [-0.4, -0.2) is 21.4 Å². The van der Waals surface area contributed by atoms with Crippen LogP contribution in [0, 0.1) is 0 Å². The average molecular weight is 413 g/mol. The maximum Gasteiger partial charge on any atom is 0.416 e. The highest BCUT2D eigenvalue weighted by molar-refractivity contribution is 5.56. The molecule has 1 aliphatic rings. The molecule has 0 radical (unpaired) electrons. The van der Waals surface area contributed by atoms with Crippen LogP contribution in [-0.2, 0) is 32.1 Å². The fraction of sp³-hybridized carbons (Fsp3) is 0.304. The second-order valence-corrected chi connectivity index (χ2v) is 7.50. The molecule has 0 unspecified atom stereocenters. The van der Waals surface area contributed by atoms with E-state index in [1.165, 1.54) is 23.3 Å². The maximum atomic E-state index is 12.8. The molecule has 1 aromatic heterocycles. The Balaban J connectivity index is 1.60. The van der Waals surface area contributed by atoms with Crippen LogP contribution in [0.15, 0.2) is 53.3 Å². The second-order valence-electron chi connectivity index (χ2n) is 7.50. The predicted molar refractivity (Wildman–Crippen MR) is 109 cm³/mol. The van der Waals surface area contributed by atoms with Crippen LogP contribution in [0.1, 0.15) is 34.9 Å². The molecule has 0 atom stereocenters. The van der Waals surface area contributed by atoms with Gasteiger partial charge in [-0.1, -0.05) is 43.3 Å². The fourth-order valence-electron chi connectivity index (χ4n) is 3.88. The van der Waals surface area contributed by atoms with E-state index in [4.69, 9.17) is 0 Å². The van der Waals surface area contributed by atoms with E-state index in [1.807, 2.05) is 12.1 Å². The molecule has 0 saturated carbocycles. The number of fused-ring (bicyclic) bond motifs is 1. The summed E-state index contributed by atoms with van der Waals surface area (Å²) in [6, 6.07) is 13.0. The number of rotatable bonds is 4. The van der Waals surface area contributed by atoms with E-state index < -0.39 is 11.7 Å². The highest BCUT2D eigenvalue weighted by atomic mass is 19.4. The van der Waals surface area contributed by atoms with Crippen LogP contribution in [0.2, 0.25) is 0 Å². The Hall–Kier alpha value is -2.93. The van der Waals surface area contributed by atoms with Crippen molar-refractivity contribution in [3.05, 3.63) is 86.8 Å². The van der Waals surface area contributed by atoms with E-state index in [1.54, 1.807) is 0 Å². The molecule has 30 heavy (non-hydrogen) atoms. The Morgan fingerprint density at radius 1 is 1.07 bits per heavy atom. The lowest BCUT2D eigenvalue weighted by atomic mass is 10.0. The Labute approximate surface area is 172 Å². The maximum absolute atomic E-state index is 12.8. The molecule has 156 valence electrons. The van der Waals surface area contributed by atoms with Gasteiger partial charge in [-0.3, -0.25) is 9.69 Å². The number of aryl methyl sites for hydroxylation is 1. The molecule has 0 spiro atoms. The second kappa shape index (κ2) is 8.07. The first-order chi connectivity index (χ1) is 14.3. The Morgan fingerprint density at radius 2 is 1.77 bits per heavy atom. The van der Waals surface area contributed by atoms with Crippen LogP contribution in [0.4, 0.5) is 13.2 Å². The molecule has 4 rings (SSSR count). The number of aromatic amines is 1. The predicted octanol–water partition coefficient (Wildman–Crippen LogP) is 4.58. The number of alkyl halides is 3. The molecule has 0 bridgehead atoms. The fourth-order valence-corrected chi connectivity index (χ4v) is 3.88. The molecule has 2 heterocycles. The van der Waals surface area contributed by atoms with E-state index in [9.17, 15) is 18.0 Å². The summed E-state index contributed by atoms with van der Waals surface area (Å²) < 4.78 is 38.4. The van der Waals surface area contributed by atoms with E-state index in [0.717, 1.165) is 31.6 Å². The zero-order valence-corrected chi connectivity index (χ0v) is 16.6. The lowest BCUT2D eigenvalue weighted by Gasteiger charge is -2.28. The minimum absolute atomic E-state index is 0.219. The topological polar surface area (TPSA) is 49.0 Å². The van der Waals surface area contributed by atoms with Crippen LogP contribution >= 0.6 is 0 Å². The van der Waals surface area contributed by atoms with Crippen molar-refractivity contribution in [2.75, 3.05) is 6.54 Å². The Kier molecular flexibility index (Phi) is 5.47. The smallest absolute Gasteiger partial charge is 0.306 e. The quantitative estimate of drug-likeness (QED) is 0.681. The first-order valence-corrected chi connectivity index (χ1v) is 9.94. The summed E-state index contributed by atoms with van der Waals surface area (Å²) in [7, 11) is 0. The molecule has 0 saturated heterocycles. The molecule has 3 aromatic rings. The zero-order valence-electron chi connectivity index (χ0n) is 16.6. The minimum atomic E-state index is -4.40. The lowest BCUT2D eigenvalue weighted by molar-refractivity contribution is -0.137. The van der Waals surface area contributed by atoms with Gasteiger partial charge >= 0.3 is 6.18 Å². The molecular weight excluding hydrogens is 391 g/mol. The standard InChI is InChI=1S/C23H22F3N3O/c1-2-15-5-3-4-6-17(15)13-29-12-11-19-20(14-29)27-21(28-22(19)30)16-7-9-18(10-8-16)23(24,25)26/h3-10H,2,11-14H2,1H3,(H,27,28,30). The van der Waals surface area contributed by atoms with Crippen LogP contribution in [0.5, 0.6) is 0 Å². The number of aromatic nitrogens is 2. The third-order valence-corrected chi connectivity index (χ3v) is 5.53. The SMILES string of the molecule is CCc1ccccc1CN1CCc2c(nc(-c3ccc(C(F)(F)F)cc3)[nH]c2=O)C1. The van der Waals surface area contributed by atoms with Gasteiger partial charge in [-0.2, -0.15) is 13.2 Å². The van der Waals surface area contributed by atoms with Gasteiger partial charge in [0.25, 0.3) is 5.56 Å². The Bertz CT molecular complexity index is 1100. The highest BCUT2D eigenvalue weighted by Crippen LogP contribution is 2.30. The number of hydrogen-bond acceptors (Lipinski definition) is 3. The van der Waals surface area contributed by atoms with E-state index in [2.05, 4.69) is 33.9 Å². The Morgan fingerprint density at radius 3 is 2.43 bits per heavy atom. The van der Waals surface area contributed by atoms with Crippen molar-refractivity contribution in [3.8, 4) is 11.4 Å². The van der Waals surface area contributed by atoms with Gasteiger partial charge in [-0.05, 0) is 36.1 Å². The minimum Gasteiger partial charge on any atom is -0.306 e. The lowest BCUT2D eigenvalue weighted by Crippen LogP contribution is -2.35. The number of halogens is 3. The molecule has 2 aromatic carbocycles. The summed E-state index contributed by atoms with van der Waals surface area (Å²) in [4.78, 5) is 22.1. The summed E-state index contributed by atoms with van der Waals surface area (Å²) in [5, 5.41) is 0. The number of H-pyrrole nitrogens is 1. The number of hydrogen-bond donors (Lipinski definition) is 1. The molecule has 4 nitrogen and oxygen atoms in total. The van der Waals surface area contributed by atoms with Gasteiger partial charge in [-0.15, -0.1) is 0 Å². The van der Waals surface area contributed by atoms with Crippen molar-refractivity contribution >= 4 is 0 Å².